The van der Waals surface area contributed by atoms with E-state index in [4.69, 9.17) is 11.6 Å². The number of hydrogen-bond acceptors (Lipinski definition) is 5. The summed E-state index contributed by atoms with van der Waals surface area (Å²) >= 11 is 7.88. The van der Waals surface area contributed by atoms with Crippen molar-refractivity contribution >= 4 is 34.9 Å². The van der Waals surface area contributed by atoms with Crippen LogP contribution in [0.15, 0.2) is 12.3 Å². The van der Waals surface area contributed by atoms with Gasteiger partial charge in [0.2, 0.25) is 0 Å². The zero-order valence-corrected chi connectivity index (χ0v) is 12.3. The molecule has 0 spiro atoms. The number of thioether (sulfide) groups is 1. The zero-order chi connectivity index (χ0) is 13.9. The molecule has 1 N–H and O–H groups in total. The molecular weight excluding hydrogens is 286 g/mol. The van der Waals surface area contributed by atoms with Crippen LogP contribution in [0.1, 0.15) is 25.7 Å². The Labute approximate surface area is 121 Å². The Kier molecular flexibility index (Phi) is 4.52. The molecule has 0 aromatic carbocycles. The van der Waals surface area contributed by atoms with E-state index in [-0.39, 0.29) is 10.4 Å². The first-order valence-corrected chi connectivity index (χ1v) is 7.75. The van der Waals surface area contributed by atoms with Crippen LogP contribution in [0.4, 0.5) is 11.5 Å². The maximum Gasteiger partial charge on any atom is 0.289 e. The minimum absolute atomic E-state index is 0.0870. The van der Waals surface area contributed by atoms with E-state index in [1.54, 1.807) is 0 Å². The van der Waals surface area contributed by atoms with Gasteiger partial charge in [-0.25, -0.2) is 4.98 Å². The predicted octanol–water partition coefficient (Wildman–Crippen LogP) is 3.73. The molecule has 1 heterocycles. The van der Waals surface area contributed by atoms with Gasteiger partial charge in [0.1, 0.15) is 12.0 Å². The number of pyridine rings is 1. The number of nitro groups is 1. The Balaban J connectivity index is 2.05. The summed E-state index contributed by atoms with van der Waals surface area (Å²) in [6.07, 6.45) is 8.23. The van der Waals surface area contributed by atoms with E-state index in [1.165, 1.54) is 37.9 Å². The van der Waals surface area contributed by atoms with Gasteiger partial charge in [0.05, 0.1) is 9.95 Å². The van der Waals surface area contributed by atoms with Crippen molar-refractivity contribution in [3.05, 3.63) is 27.4 Å². The summed E-state index contributed by atoms with van der Waals surface area (Å²) in [5.41, 5.74) is -0.0870. The number of hydrogen-bond donors (Lipinski definition) is 1. The number of aromatic nitrogens is 1. The molecule has 0 aliphatic heterocycles. The second-order valence-corrected chi connectivity index (χ2v) is 6.41. The first kappa shape index (κ1) is 14.4. The topological polar surface area (TPSA) is 68.1 Å². The van der Waals surface area contributed by atoms with Crippen molar-refractivity contribution in [3.8, 4) is 0 Å². The van der Waals surface area contributed by atoms with Gasteiger partial charge in [0, 0.05) is 17.4 Å². The summed E-state index contributed by atoms with van der Waals surface area (Å²) < 4.78 is 0.243. The van der Waals surface area contributed by atoms with Gasteiger partial charge in [-0.3, -0.25) is 10.1 Å². The zero-order valence-electron chi connectivity index (χ0n) is 10.7. The van der Waals surface area contributed by atoms with Crippen LogP contribution in [0.3, 0.4) is 0 Å². The fraction of sp³-hybridized carbons (Fsp3) is 0.583. The normalized spacial score (nSPS) is 17.4. The molecule has 7 heteroatoms. The Morgan fingerprint density at radius 2 is 2.26 bits per heavy atom. The predicted molar refractivity (Wildman–Crippen MR) is 79.1 cm³/mol. The van der Waals surface area contributed by atoms with Crippen LogP contribution in [-0.2, 0) is 0 Å². The highest BCUT2D eigenvalue weighted by atomic mass is 35.5. The summed E-state index contributed by atoms with van der Waals surface area (Å²) in [7, 11) is 0. The highest BCUT2D eigenvalue weighted by molar-refractivity contribution is 8.00. The average Bonchev–Trinajstić information content (AvgIpc) is 2.86. The SMILES string of the molecule is CSC1(CNc2ncc([N+](=O)[O-])cc2Cl)CCCC1. The van der Waals surface area contributed by atoms with Crippen LogP contribution >= 0.6 is 23.4 Å². The molecule has 5 nitrogen and oxygen atoms in total. The van der Waals surface area contributed by atoms with Crippen LogP contribution in [0.25, 0.3) is 0 Å². The fourth-order valence-electron chi connectivity index (χ4n) is 2.37. The molecule has 1 aromatic heterocycles. The van der Waals surface area contributed by atoms with Crippen molar-refractivity contribution in [2.24, 2.45) is 0 Å². The molecule has 2 rings (SSSR count). The van der Waals surface area contributed by atoms with Crippen molar-refractivity contribution in [3.63, 3.8) is 0 Å². The first-order chi connectivity index (χ1) is 9.06. The van der Waals surface area contributed by atoms with E-state index in [1.807, 2.05) is 11.8 Å². The Hall–Kier alpha value is -1.01. The molecule has 1 aromatic rings. The second-order valence-electron chi connectivity index (χ2n) is 4.73. The average molecular weight is 302 g/mol. The third-order valence-corrected chi connectivity index (χ3v) is 5.27. The summed E-state index contributed by atoms with van der Waals surface area (Å²) in [5.74, 6) is 0.521. The lowest BCUT2D eigenvalue weighted by atomic mass is 10.1. The van der Waals surface area contributed by atoms with E-state index in [0.29, 0.717) is 10.8 Å². The standard InChI is InChI=1S/C12H16ClN3O2S/c1-19-12(4-2-3-5-12)8-15-11-10(13)6-9(7-14-11)16(17)18/h6-7H,2-5,8H2,1H3,(H,14,15). The largest absolute Gasteiger partial charge is 0.367 e. The maximum atomic E-state index is 10.6. The number of nitrogens with zero attached hydrogens (tertiary/aromatic N) is 2. The van der Waals surface area contributed by atoms with Crippen LogP contribution in [0.2, 0.25) is 5.02 Å². The van der Waals surface area contributed by atoms with Crippen LogP contribution < -0.4 is 5.32 Å². The Morgan fingerprint density at radius 3 is 2.79 bits per heavy atom. The van der Waals surface area contributed by atoms with E-state index in [2.05, 4.69) is 16.6 Å². The first-order valence-electron chi connectivity index (χ1n) is 6.15. The van der Waals surface area contributed by atoms with Gasteiger partial charge in [-0.05, 0) is 19.1 Å². The van der Waals surface area contributed by atoms with Crippen molar-refractivity contribution in [1.82, 2.24) is 4.98 Å². The van der Waals surface area contributed by atoms with Crippen LogP contribution in [0, 0.1) is 10.1 Å². The molecule has 0 saturated heterocycles. The molecule has 104 valence electrons. The molecule has 0 atom stereocenters. The Bertz CT molecular complexity index is 478. The number of halogens is 1. The van der Waals surface area contributed by atoms with Crippen LogP contribution in [0.5, 0.6) is 0 Å². The molecule has 1 fully saturated rings. The summed E-state index contributed by atoms with van der Waals surface area (Å²) in [6.45, 7) is 0.790. The summed E-state index contributed by atoms with van der Waals surface area (Å²) in [4.78, 5) is 14.1. The van der Waals surface area contributed by atoms with Crippen molar-refractivity contribution in [1.29, 1.82) is 0 Å². The number of nitrogens with one attached hydrogen (secondary N) is 1. The monoisotopic (exact) mass is 301 g/mol. The van der Waals surface area contributed by atoms with Gasteiger partial charge in [-0.1, -0.05) is 24.4 Å². The quantitative estimate of drug-likeness (QED) is 0.663. The highest BCUT2D eigenvalue weighted by Gasteiger charge is 2.32. The lowest BCUT2D eigenvalue weighted by Crippen LogP contribution is -2.30. The molecule has 1 aliphatic carbocycles. The third kappa shape index (κ3) is 3.30. The van der Waals surface area contributed by atoms with E-state index in [9.17, 15) is 10.1 Å². The van der Waals surface area contributed by atoms with Gasteiger partial charge in [-0.15, -0.1) is 0 Å². The minimum Gasteiger partial charge on any atom is -0.367 e. The minimum atomic E-state index is -0.497. The number of rotatable bonds is 5. The maximum absolute atomic E-state index is 10.6. The molecular formula is C12H16ClN3O2S. The van der Waals surface area contributed by atoms with E-state index >= 15 is 0 Å². The van der Waals surface area contributed by atoms with Crippen molar-refractivity contribution in [2.45, 2.75) is 30.4 Å². The summed E-state index contributed by atoms with van der Waals surface area (Å²) in [5, 5.41) is 14.1. The molecule has 1 saturated carbocycles. The highest BCUT2D eigenvalue weighted by Crippen LogP contribution is 2.40. The smallest absolute Gasteiger partial charge is 0.289 e. The lowest BCUT2D eigenvalue weighted by molar-refractivity contribution is -0.385. The van der Waals surface area contributed by atoms with Crippen molar-refractivity contribution in [2.75, 3.05) is 18.1 Å². The Morgan fingerprint density at radius 1 is 1.58 bits per heavy atom. The van der Waals surface area contributed by atoms with Gasteiger partial charge < -0.3 is 5.32 Å². The molecule has 0 bridgehead atoms. The molecule has 0 amide bonds. The van der Waals surface area contributed by atoms with Gasteiger partial charge in [0.15, 0.2) is 0 Å². The van der Waals surface area contributed by atoms with Crippen LogP contribution in [-0.4, -0.2) is 27.5 Å². The van der Waals surface area contributed by atoms with Gasteiger partial charge in [-0.2, -0.15) is 11.8 Å². The lowest BCUT2D eigenvalue weighted by Gasteiger charge is -2.27. The van der Waals surface area contributed by atoms with Crippen molar-refractivity contribution < 1.29 is 4.92 Å². The van der Waals surface area contributed by atoms with E-state index in [0.717, 1.165) is 6.54 Å². The third-order valence-electron chi connectivity index (χ3n) is 3.56. The number of anilines is 1. The van der Waals surface area contributed by atoms with E-state index < -0.39 is 4.92 Å². The molecule has 19 heavy (non-hydrogen) atoms. The summed E-state index contributed by atoms with van der Waals surface area (Å²) in [6, 6.07) is 1.33. The molecule has 0 unspecified atom stereocenters. The van der Waals surface area contributed by atoms with Gasteiger partial charge >= 0.3 is 0 Å². The molecule has 0 radical (unpaired) electrons. The fourth-order valence-corrected chi connectivity index (χ4v) is 3.52. The molecule has 1 aliphatic rings. The van der Waals surface area contributed by atoms with Gasteiger partial charge in [0.25, 0.3) is 5.69 Å². The second kappa shape index (κ2) is 5.96.